The van der Waals surface area contributed by atoms with Gasteiger partial charge in [0.15, 0.2) is 5.78 Å². The Kier molecular flexibility index (Phi) is 6.56. The summed E-state index contributed by atoms with van der Waals surface area (Å²) in [6.45, 7) is 2.29. The predicted octanol–water partition coefficient (Wildman–Crippen LogP) is 3.67. The Morgan fingerprint density at radius 2 is 1.83 bits per heavy atom. The van der Waals surface area contributed by atoms with Crippen LogP contribution in [0.25, 0.3) is 17.0 Å². The molecule has 2 aromatic carbocycles. The minimum atomic E-state index is -0.988. The number of carbonyl (C=O) groups excluding carboxylic acids is 3. The van der Waals surface area contributed by atoms with Crippen LogP contribution in [-0.4, -0.2) is 28.7 Å². The highest BCUT2D eigenvalue weighted by Gasteiger charge is 2.17. The lowest BCUT2D eigenvalue weighted by Gasteiger charge is -2.05. The Labute approximate surface area is 174 Å². The molecule has 0 N–H and O–H groups in total. The number of nitriles is 1. The number of rotatable bonds is 8. The highest BCUT2D eigenvalue weighted by atomic mass is 16.5. The molecular weight excluding hydrogens is 380 g/mol. The first kappa shape index (κ1) is 20.7. The molecule has 0 spiro atoms. The molecule has 0 saturated heterocycles. The summed E-state index contributed by atoms with van der Waals surface area (Å²) >= 11 is 0. The van der Waals surface area contributed by atoms with E-state index in [9.17, 15) is 14.4 Å². The number of allylic oxidation sites excluding steroid dienone is 1. The molecule has 0 unspecified atom stereocenters. The maximum absolute atomic E-state index is 12.1. The molecule has 1 heterocycles. The maximum atomic E-state index is 12.1. The quantitative estimate of drug-likeness (QED) is 0.249. The zero-order valence-corrected chi connectivity index (χ0v) is 16.5. The van der Waals surface area contributed by atoms with Crippen LogP contribution in [0.1, 0.15) is 30.0 Å². The van der Waals surface area contributed by atoms with E-state index in [1.807, 2.05) is 42.6 Å². The van der Waals surface area contributed by atoms with Gasteiger partial charge >= 0.3 is 5.97 Å². The van der Waals surface area contributed by atoms with Crippen LogP contribution in [0.4, 0.5) is 0 Å². The highest BCUT2D eigenvalue weighted by molar-refractivity contribution is 6.37. The third-order valence-electron chi connectivity index (χ3n) is 4.54. The van der Waals surface area contributed by atoms with Crippen molar-refractivity contribution in [1.82, 2.24) is 4.57 Å². The summed E-state index contributed by atoms with van der Waals surface area (Å²) in [5.41, 5.74) is 3.48. The number of aromatic nitrogens is 1. The zero-order chi connectivity index (χ0) is 21.5. The molecular formula is C24H20N2O4. The summed E-state index contributed by atoms with van der Waals surface area (Å²) in [6, 6.07) is 17.3. The van der Waals surface area contributed by atoms with Crippen LogP contribution in [0, 0.1) is 11.3 Å². The molecule has 0 fully saturated rings. The van der Waals surface area contributed by atoms with E-state index in [0.717, 1.165) is 22.0 Å². The number of benzene rings is 2. The average molecular weight is 400 g/mol. The number of nitrogens with zero attached hydrogens (tertiary/aromatic N) is 2. The molecule has 0 amide bonds. The monoisotopic (exact) mass is 400 g/mol. The van der Waals surface area contributed by atoms with E-state index >= 15 is 0 Å². The zero-order valence-electron chi connectivity index (χ0n) is 16.5. The Morgan fingerprint density at radius 1 is 1.10 bits per heavy atom. The molecule has 0 atom stereocenters. The van der Waals surface area contributed by atoms with E-state index in [4.69, 9.17) is 5.26 Å². The van der Waals surface area contributed by atoms with Crippen LogP contribution in [0.15, 0.2) is 60.8 Å². The summed E-state index contributed by atoms with van der Waals surface area (Å²) in [7, 11) is 0. The fourth-order valence-electron chi connectivity index (χ4n) is 3.10. The first-order chi connectivity index (χ1) is 14.5. The van der Waals surface area contributed by atoms with E-state index in [-0.39, 0.29) is 6.61 Å². The number of ketones is 2. The minimum absolute atomic E-state index is 0.0906. The first-order valence-corrected chi connectivity index (χ1v) is 9.49. The SMILES string of the molecule is CCOC(=O)C(=O)CC(=O)/C=C/c1cn(Cc2ccc(C#N)cc2)c2ccccc12. The number of para-hydroxylation sites is 1. The van der Waals surface area contributed by atoms with Gasteiger partial charge in [0.05, 0.1) is 24.7 Å². The molecule has 1 aromatic heterocycles. The van der Waals surface area contributed by atoms with E-state index in [1.54, 1.807) is 25.1 Å². The van der Waals surface area contributed by atoms with Crippen molar-refractivity contribution < 1.29 is 19.1 Å². The molecule has 0 aliphatic heterocycles. The number of carbonyl (C=O) groups is 3. The van der Waals surface area contributed by atoms with Gasteiger partial charge in [-0.2, -0.15) is 5.26 Å². The van der Waals surface area contributed by atoms with Gasteiger partial charge in [0, 0.05) is 29.2 Å². The summed E-state index contributed by atoms with van der Waals surface area (Å²) in [5, 5.41) is 9.91. The summed E-state index contributed by atoms with van der Waals surface area (Å²) in [5.74, 6) is -2.30. The Balaban J connectivity index is 1.80. The molecule has 3 aromatic rings. The fourth-order valence-corrected chi connectivity index (χ4v) is 3.10. The molecule has 30 heavy (non-hydrogen) atoms. The fraction of sp³-hybridized carbons (Fsp3) is 0.167. The van der Waals surface area contributed by atoms with Crippen molar-refractivity contribution in [2.75, 3.05) is 6.61 Å². The first-order valence-electron chi connectivity index (χ1n) is 9.49. The maximum Gasteiger partial charge on any atom is 0.375 e. The van der Waals surface area contributed by atoms with Gasteiger partial charge in [-0.1, -0.05) is 30.3 Å². The normalized spacial score (nSPS) is 10.8. The van der Waals surface area contributed by atoms with Crippen molar-refractivity contribution in [3.63, 3.8) is 0 Å². The van der Waals surface area contributed by atoms with Crippen molar-refractivity contribution in [3.05, 3.63) is 77.5 Å². The molecule has 6 heteroatoms. The minimum Gasteiger partial charge on any atom is -0.460 e. The van der Waals surface area contributed by atoms with Crippen LogP contribution < -0.4 is 0 Å². The van der Waals surface area contributed by atoms with E-state index in [1.165, 1.54) is 6.08 Å². The van der Waals surface area contributed by atoms with Crippen LogP contribution in [0.2, 0.25) is 0 Å². The van der Waals surface area contributed by atoms with Crippen molar-refractivity contribution in [1.29, 1.82) is 5.26 Å². The number of ether oxygens (including phenoxy) is 1. The smallest absolute Gasteiger partial charge is 0.375 e. The largest absolute Gasteiger partial charge is 0.460 e. The van der Waals surface area contributed by atoms with Gasteiger partial charge in [0.1, 0.15) is 0 Å². The summed E-state index contributed by atoms with van der Waals surface area (Å²) < 4.78 is 6.67. The summed E-state index contributed by atoms with van der Waals surface area (Å²) in [6.07, 6.45) is 4.38. The second kappa shape index (κ2) is 9.48. The lowest BCUT2D eigenvalue weighted by atomic mass is 10.1. The van der Waals surface area contributed by atoms with Gasteiger partial charge < -0.3 is 9.30 Å². The molecule has 150 valence electrons. The molecule has 0 radical (unpaired) electrons. The molecule has 0 saturated carbocycles. The second-order valence-electron chi connectivity index (χ2n) is 6.66. The lowest BCUT2D eigenvalue weighted by molar-refractivity contribution is -0.154. The Morgan fingerprint density at radius 3 is 2.53 bits per heavy atom. The van der Waals surface area contributed by atoms with E-state index in [2.05, 4.69) is 15.4 Å². The van der Waals surface area contributed by atoms with Gasteiger partial charge in [0.2, 0.25) is 5.78 Å². The van der Waals surface area contributed by atoms with Crippen LogP contribution in [0.3, 0.4) is 0 Å². The topological polar surface area (TPSA) is 89.2 Å². The molecule has 3 rings (SSSR count). The third-order valence-corrected chi connectivity index (χ3v) is 4.54. The number of Topliss-reactive ketones (excluding diaryl/α,β-unsaturated/α-hetero) is 1. The van der Waals surface area contributed by atoms with Crippen molar-refractivity contribution in [2.24, 2.45) is 0 Å². The third kappa shape index (κ3) is 4.89. The predicted molar refractivity (Wildman–Crippen MR) is 112 cm³/mol. The molecule has 0 aliphatic rings. The lowest BCUT2D eigenvalue weighted by Crippen LogP contribution is -2.19. The van der Waals surface area contributed by atoms with Crippen molar-refractivity contribution >= 4 is 34.5 Å². The number of hydrogen-bond donors (Lipinski definition) is 0. The van der Waals surface area contributed by atoms with Crippen LogP contribution in [0.5, 0.6) is 0 Å². The van der Waals surface area contributed by atoms with Crippen LogP contribution in [-0.2, 0) is 25.7 Å². The van der Waals surface area contributed by atoms with Crippen LogP contribution >= 0.6 is 0 Å². The van der Waals surface area contributed by atoms with Gasteiger partial charge in [-0.25, -0.2) is 4.79 Å². The summed E-state index contributed by atoms with van der Waals surface area (Å²) in [4.78, 5) is 35.1. The average Bonchev–Trinajstić information content (AvgIpc) is 3.10. The number of hydrogen-bond acceptors (Lipinski definition) is 5. The second-order valence-corrected chi connectivity index (χ2v) is 6.66. The Hall–Kier alpha value is -3.98. The molecule has 0 aliphatic carbocycles. The van der Waals surface area contributed by atoms with Crippen molar-refractivity contribution in [2.45, 2.75) is 19.9 Å². The molecule has 6 nitrogen and oxygen atoms in total. The van der Waals surface area contributed by atoms with Gasteiger partial charge in [0.25, 0.3) is 0 Å². The van der Waals surface area contributed by atoms with Gasteiger partial charge in [-0.3, -0.25) is 9.59 Å². The highest BCUT2D eigenvalue weighted by Crippen LogP contribution is 2.23. The van der Waals surface area contributed by atoms with Gasteiger partial charge in [-0.15, -0.1) is 0 Å². The Bertz CT molecular complexity index is 1160. The number of esters is 1. The van der Waals surface area contributed by atoms with E-state index in [0.29, 0.717) is 12.1 Å². The van der Waals surface area contributed by atoms with Crippen molar-refractivity contribution in [3.8, 4) is 6.07 Å². The standard InChI is InChI=1S/C24H20N2O4/c1-2-30-24(29)23(28)13-20(27)12-11-19-16-26(22-6-4-3-5-21(19)22)15-18-9-7-17(14-25)8-10-18/h3-12,16H,2,13,15H2,1H3/b12-11+. The number of fused-ring (bicyclic) bond motifs is 1. The van der Waals surface area contributed by atoms with E-state index < -0.39 is 24.0 Å². The van der Waals surface area contributed by atoms with Gasteiger partial charge in [-0.05, 0) is 42.8 Å². The molecule has 0 bridgehead atoms.